The molecule has 2 aromatic carbocycles. The number of hydrogen-bond acceptors (Lipinski definition) is 2. The number of aryl methyl sites for hydroxylation is 2. The van der Waals surface area contributed by atoms with Crippen molar-refractivity contribution in [2.45, 2.75) is 68.2 Å². The highest BCUT2D eigenvalue weighted by molar-refractivity contribution is 6.09. The van der Waals surface area contributed by atoms with Gasteiger partial charge in [0.25, 0.3) is 0 Å². The standard InChI is InChI=1S/C17H17NO.C5H13N.2C2H6/c1-4-5-13-10(2)8-15-14-9-12(19)6-7-16(14)18-17(15)11(13)3;1-3-4-5-6-2;2*1-2/h4-9,18-19H,1-3H3;6H,3-5H2,1-2H3;2*1-2H3/b5-4-;;;. The van der Waals surface area contributed by atoms with Crippen LogP contribution in [-0.4, -0.2) is 23.7 Å². The molecule has 0 saturated heterocycles. The maximum atomic E-state index is 9.66. The largest absolute Gasteiger partial charge is 0.508 e. The fraction of sp³-hybridized carbons (Fsp3) is 0.462. The van der Waals surface area contributed by atoms with Crippen LogP contribution >= 0.6 is 0 Å². The first-order valence-electron chi connectivity index (χ1n) is 11.0. The van der Waals surface area contributed by atoms with Gasteiger partial charge >= 0.3 is 0 Å². The van der Waals surface area contributed by atoms with Crippen LogP contribution in [0, 0.1) is 13.8 Å². The highest BCUT2D eigenvalue weighted by atomic mass is 16.3. The summed E-state index contributed by atoms with van der Waals surface area (Å²) < 4.78 is 0. The minimum atomic E-state index is 0.307. The van der Waals surface area contributed by atoms with Crippen LogP contribution in [0.4, 0.5) is 0 Å². The maximum Gasteiger partial charge on any atom is 0.116 e. The zero-order valence-corrected chi connectivity index (χ0v) is 20.0. The van der Waals surface area contributed by atoms with Crippen molar-refractivity contribution in [1.82, 2.24) is 10.3 Å². The fourth-order valence-corrected chi connectivity index (χ4v) is 3.15. The van der Waals surface area contributed by atoms with Crippen molar-refractivity contribution in [1.29, 1.82) is 0 Å². The molecular weight excluding hydrogens is 356 g/mol. The molecule has 29 heavy (non-hydrogen) atoms. The summed E-state index contributed by atoms with van der Waals surface area (Å²) in [6, 6.07) is 7.65. The van der Waals surface area contributed by atoms with Crippen LogP contribution in [0.5, 0.6) is 5.75 Å². The van der Waals surface area contributed by atoms with E-state index >= 15 is 0 Å². The predicted octanol–water partition coefficient (Wildman–Crippen LogP) is 7.73. The van der Waals surface area contributed by atoms with E-state index in [0.717, 1.165) is 23.0 Å². The summed E-state index contributed by atoms with van der Waals surface area (Å²) in [7, 11) is 1.98. The minimum absolute atomic E-state index is 0.307. The molecule has 0 atom stereocenters. The number of allylic oxidation sites excluding steroid dienone is 1. The molecule has 0 bridgehead atoms. The van der Waals surface area contributed by atoms with E-state index in [1.807, 2.05) is 53.8 Å². The second-order valence-electron chi connectivity index (χ2n) is 6.47. The molecule has 0 aliphatic carbocycles. The zero-order chi connectivity index (χ0) is 22.4. The average Bonchev–Trinajstić information content (AvgIpc) is 3.11. The minimum Gasteiger partial charge on any atom is -0.508 e. The molecule has 0 aliphatic rings. The molecule has 0 amide bonds. The molecule has 0 unspecified atom stereocenters. The van der Waals surface area contributed by atoms with Crippen LogP contribution in [0.15, 0.2) is 30.3 Å². The number of rotatable bonds is 4. The highest BCUT2D eigenvalue weighted by Gasteiger charge is 2.11. The van der Waals surface area contributed by atoms with Crippen LogP contribution in [0.3, 0.4) is 0 Å². The molecule has 1 aromatic heterocycles. The van der Waals surface area contributed by atoms with E-state index in [1.54, 1.807) is 6.07 Å². The molecule has 0 radical (unpaired) electrons. The second kappa shape index (κ2) is 14.7. The molecule has 162 valence electrons. The fourth-order valence-electron chi connectivity index (χ4n) is 3.15. The molecule has 3 N–H and O–H groups in total. The van der Waals surface area contributed by atoms with Gasteiger partial charge in [-0.1, -0.05) is 53.2 Å². The molecule has 0 fully saturated rings. The third-order valence-corrected chi connectivity index (χ3v) is 4.50. The van der Waals surface area contributed by atoms with Crippen LogP contribution in [0.1, 0.15) is 71.1 Å². The van der Waals surface area contributed by atoms with Crippen molar-refractivity contribution < 1.29 is 5.11 Å². The lowest BCUT2D eigenvalue weighted by atomic mass is 9.98. The van der Waals surface area contributed by atoms with Gasteiger partial charge in [-0.2, -0.15) is 0 Å². The van der Waals surface area contributed by atoms with Crippen LogP contribution < -0.4 is 5.32 Å². The topological polar surface area (TPSA) is 48.0 Å². The summed E-state index contributed by atoms with van der Waals surface area (Å²) >= 11 is 0. The Morgan fingerprint density at radius 2 is 1.69 bits per heavy atom. The summed E-state index contributed by atoms with van der Waals surface area (Å²) in [5, 5.41) is 15.0. The third-order valence-electron chi connectivity index (χ3n) is 4.50. The van der Waals surface area contributed by atoms with Gasteiger partial charge < -0.3 is 15.4 Å². The number of H-pyrrole nitrogens is 1. The average molecular weight is 399 g/mol. The van der Waals surface area contributed by atoms with Crippen molar-refractivity contribution >= 4 is 27.9 Å². The molecule has 3 aromatic rings. The number of phenolic OH excluding ortho intramolecular Hbond substituents is 1. The first-order chi connectivity index (χ1) is 14.0. The van der Waals surface area contributed by atoms with E-state index < -0.39 is 0 Å². The highest BCUT2D eigenvalue weighted by Crippen LogP contribution is 2.33. The van der Waals surface area contributed by atoms with Gasteiger partial charge in [0.05, 0.1) is 5.52 Å². The molecule has 3 nitrogen and oxygen atoms in total. The number of unbranched alkanes of at least 4 members (excludes halogenated alkanes) is 1. The number of nitrogens with one attached hydrogen (secondary N) is 2. The summed E-state index contributed by atoms with van der Waals surface area (Å²) in [6.07, 6.45) is 6.81. The molecule has 3 heteroatoms. The third kappa shape index (κ3) is 7.25. The number of aromatic hydroxyl groups is 1. The van der Waals surface area contributed by atoms with E-state index in [2.05, 4.69) is 49.3 Å². The number of phenols is 1. The Hall–Kier alpha value is -2.26. The van der Waals surface area contributed by atoms with Gasteiger partial charge in [0, 0.05) is 16.3 Å². The molecular formula is C26H42N2O. The quantitative estimate of drug-likeness (QED) is 0.394. The summed E-state index contributed by atoms with van der Waals surface area (Å²) in [6.45, 7) is 17.7. The Labute approximate surface area is 178 Å². The Bertz CT molecular complexity index is 871. The lowest BCUT2D eigenvalue weighted by molar-refractivity contribution is 0.476. The first-order valence-corrected chi connectivity index (χ1v) is 11.0. The Morgan fingerprint density at radius 3 is 2.21 bits per heavy atom. The predicted molar refractivity (Wildman–Crippen MR) is 133 cm³/mol. The van der Waals surface area contributed by atoms with Crippen LogP contribution in [0.2, 0.25) is 0 Å². The van der Waals surface area contributed by atoms with Gasteiger partial charge in [0.1, 0.15) is 5.75 Å². The van der Waals surface area contributed by atoms with Gasteiger partial charge in [0.15, 0.2) is 0 Å². The summed E-state index contributed by atoms with van der Waals surface area (Å²) in [5.41, 5.74) is 5.99. The zero-order valence-electron chi connectivity index (χ0n) is 20.0. The van der Waals surface area contributed by atoms with Gasteiger partial charge in [-0.3, -0.25) is 0 Å². The number of aromatic amines is 1. The van der Waals surface area contributed by atoms with E-state index in [1.165, 1.54) is 34.9 Å². The van der Waals surface area contributed by atoms with Crippen molar-refractivity contribution in [3.63, 3.8) is 0 Å². The number of hydrogen-bond donors (Lipinski definition) is 3. The molecule has 1 heterocycles. The summed E-state index contributed by atoms with van der Waals surface area (Å²) in [4.78, 5) is 3.45. The Balaban J connectivity index is 0.000000670. The smallest absolute Gasteiger partial charge is 0.116 e. The van der Waals surface area contributed by atoms with E-state index in [-0.39, 0.29) is 0 Å². The van der Waals surface area contributed by atoms with Gasteiger partial charge in [0.2, 0.25) is 0 Å². The van der Waals surface area contributed by atoms with Gasteiger partial charge in [-0.05, 0) is 81.7 Å². The molecule has 0 aliphatic heterocycles. The molecule has 3 rings (SSSR count). The lowest BCUT2D eigenvalue weighted by Crippen LogP contribution is -2.06. The summed E-state index contributed by atoms with van der Waals surface area (Å²) in [5.74, 6) is 0.307. The van der Waals surface area contributed by atoms with Crippen LogP contribution in [0.25, 0.3) is 27.9 Å². The number of benzene rings is 2. The maximum absolute atomic E-state index is 9.66. The SMILES string of the molecule is C/C=C\c1c(C)cc2c([nH]c3ccc(O)cc32)c1C.CC.CC.CCCCNC. The van der Waals surface area contributed by atoms with E-state index in [0.29, 0.717) is 5.75 Å². The monoisotopic (exact) mass is 398 g/mol. The van der Waals surface area contributed by atoms with Gasteiger partial charge in [-0.15, -0.1) is 0 Å². The Kier molecular flexibility index (Phi) is 13.6. The lowest BCUT2D eigenvalue weighted by Gasteiger charge is -2.07. The van der Waals surface area contributed by atoms with Crippen molar-refractivity contribution in [3.8, 4) is 5.75 Å². The molecule has 0 saturated carbocycles. The van der Waals surface area contributed by atoms with E-state index in [9.17, 15) is 5.11 Å². The molecule has 0 spiro atoms. The van der Waals surface area contributed by atoms with Crippen molar-refractivity contribution in [2.24, 2.45) is 0 Å². The van der Waals surface area contributed by atoms with Crippen molar-refractivity contribution in [3.05, 3.63) is 47.0 Å². The van der Waals surface area contributed by atoms with Gasteiger partial charge in [-0.25, -0.2) is 0 Å². The second-order valence-corrected chi connectivity index (χ2v) is 6.47. The number of fused-ring (bicyclic) bond motifs is 3. The van der Waals surface area contributed by atoms with Crippen molar-refractivity contribution in [2.75, 3.05) is 13.6 Å². The normalized spacial score (nSPS) is 10.1. The van der Waals surface area contributed by atoms with Crippen LogP contribution in [-0.2, 0) is 0 Å². The van der Waals surface area contributed by atoms with E-state index in [4.69, 9.17) is 0 Å². The first kappa shape index (κ1) is 26.7. The number of aromatic nitrogens is 1. The Morgan fingerprint density at radius 1 is 1.03 bits per heavy atom.